The number of benzene rings is 2. The molecule has 0 aromatic heterocycles. The lowest BCUT2D eigenvalue weighted by molar-refractivity contribution is 0.153. The third-order valence-electron chi connectivity index (χ3n) is 6.95. The Morgan fingerprint density at radius 3 is 2.62 bits per heavy atom. The van der Waals surface area contributed by atoms with Crippen molar-refractivity contribution in [2.24, 2.45) is 11.7 Å². The Bertz CT molecular complexity index is 973. The maximum atomic E-state index is 11.0. The molecule has 174 valence electrons. The first kappa shape index (κ1) is 23.5. The van der Waals surface area contributed by atoms with Gasteiger partial charge in [0.15, 0.2) is 0 Å². The first-order valence-electron chi connectivity index (χ1n) is 11.6. The lowest BCUT2D eigenvalue weighted by Crippen LogP contribution is -2.41. The number of hydrogen-bond acceptors (Lipinski definition) is 4. The standard InChI is InChI=1S/C25H34NO5P/c1-2-30-24-9-4-18(5-10-24)13-19-3-6-21-15-22(8-7-20(21)14-19)23-11-12-25(26,16-23)17-31-32(27,28)29/h4-5,7-10,15,19,23H,2-3,6,11-14,16-17,26H2,1H3,(H2,27,28,29)/t19-,23-,25+/m0/s1. The van der Waals surface area contributed by atoms with E-state index in [-0.39, 0.29) is 6.61 Å². The summed E-state index contributed by atoms with van der Waals surface area (Å²) in [6.07, 6.45) is 6.78. The molecule has 2 aromatic rings. The molecule has 0 spiro atoms. The smallest absolute Gasteiger partial charge is 0.469 e. The van der Waals surface area contributed by atoms with Crippen LogP contribution >= 0.6 is 7.82 Å². The van der Waals surface area contributed by atoms with Gasteiger partial charge in [-0.25, -0.2) is 4.57 Å². The van der Waals surface area contributed by atoms with Gasteiger partial charge in [0.25, 0.3) is 0 Å². The fourth-order valence-electron chi connectivity index (χ4n) is 5.29. The van der Waals surface area contributed by atoms with Gasteiger partial charge in [0, 0.05) is 5.54 Å². The van der Waals surface area contributed by atoms with Crippen molar-refractivity contribution in [1.82, 2.24) is 0 Å². The fourth-order valence-corrected chi connectivity index (χ4v) is 5.71. The molecule has 6 nitrogen and oxygen atoms in total. The van der Waals surface area contributed by atoms with Crippen molar-refractivity contribution in [2.45, 2.75) is 63.3 Å². The molecule has 0 bridgehead atoms. The van der Waals surface area contributed by atoms with E-state index in [0.717, 1.165) is 31.4 Å². The second kappa shape index (κ2) is 9.66. The summed E-state index contributed by atoms with van der Waals surface area (Å²) in [7, 11) is -4.49. The van der Waals surface area contributed by atoms with Crippen LogP contribution in [0.3, 0.4) is 0 Å². The summed E-state index contributed by atoms with van der Waals surface area (Å²) in [6, 6.07) is 15.3. The summed E-state index contributed by atoms with van der Waals surface area (Å²) in [4.78, 5) is 18.0. The maximum absolute atomic E-state index is 11.0. The van der Waals surface area contributed by atoms with Gasteiger partial charge in [0.2, 0.25) is 0 Å². The van der Waals surface area contributed by atoms with Crippen LogP contribution in [-0.4, -0.2) is 28.5 Å². The maximum Gasteiger partial charge on any atom is 0.469 e. The molecule has 2 aromatic carbocycles. The highest BCUT2D eigenvalue weighted by molar-refractivity contribution is 7.46. The number of ether oxygens (including phenoxy) is 1. The number of phosphoric acid groups is 1. The molecule has 32 heavy (non-hydrogen) atoms. The second-order valence-electron chi connectivity index (χ2n) is 9.48. The van der Waals surface area contributed by atoms with Crippen LogP contribution in [0.2, 0.25) is 0 Å². The number of fused-ring (bicyclic) bond motifs is 1. The zero-order chi connectivity index (χ0) is 22.8. The van der Waals surface area contributed by atoms with E-state index in [4.69, 9.17) is 24.8 Å². The van der Waals surface area contributed by atoms with Crippen LogP contribution in [0.1, 0.15) is 60.8 Å². The monoisotopic (exact) mass is 459 g/mol. The molecule has 0 aliphatic heterocycles. The van der Waals surface area contributed by atoms with Gasteiger partial charge in [-0.1, -0.05) is 30.3 Å². The van der Waals surface area contributed by atoms with E-state index < -0.39 is 13.4 Å². The molecule has 2 aliphatic rings. The van der Waals surface area contributed by atoms with E-state index in [1.807, 2.05) is 6.92 Å². The lowest BCUT2D eigenvalue weighted by Gasteiger charge is -2.27. The van der Waals surface area contributed by atoms with Crippen LogP contribution in [0.4, 0.5) is 0 Å². The number of nitrogens with two attached hydrogens (primary N) is 1. The van der Waals surface area contributed by atoms with Crippen LogP contribution in [0.5, 0.6) is 5.75 Å². The van der Waals surface area contributed by atoms with Gasteiger partial charge in [-0.3, -0.25) is 4.52 Å². The first-order valence-corrected chi connectivity index (χ1v) is 13.1. The Kier molecular flexibility index (Phi) is 7.09. The van der Waals surface area contributed by atoms with E-state index in [0.29, 0.717) is 31.3 Å². The van der Waals surface area contributed by atoms with E-state index >= 15 is 0 Å². The van der Waals surface area contributed by atoms with Crippen LogP contribution < -0.4 is 10.5 Å². The van der Waals surface area contributed by atoms with Crippen molar-refractivity contribution in [3.8, 4) is 5.75 Å². The van der Waals surface area contributed by atoms with Crippen LogP contribution in [0.25, 0.3) is 0 Å². The molecule has 4 rings (SSSR count). The Labute approximate surface area is 190 Å². The summed E-state index contributed by atoms with van der Waals surface area (Å²) < 4.78 is 21.3. The molecule has 4 N–H and O–H groups in total. The van der Waals surface area contributed by atoms with Gasteiger partial charge in [-0.2, -0.15) is 0 Å². The Hall–Kier alpha value is -1.69. The van der Waals surface area contributed by atoms with E-state index in [1.165, 1.54) is 28.7 Å². The molecule has 1 fully saturated rings. The zero-order valence-electron chi connectivity index (χ0n) is 18.7. The highest BCUT2D eigenvalue weighted by Gasteiger charge is 2.38. The highest BCUT2D eigenvalue weighted by Crippen LogP contribution is 2.44. The van der Waals surface area contributed by atoms with E-state index in [2.05, 4.69) is 42.5 Å². The highest BCUT2D eigenvalue weighted by atomic mass is 31.2. The molecule has 3 atom stereocenters. The third kappa shape index (κ3) is 6.00. The van der Waals surface area contributed by atoms with Gasteiger partial charge in [0.1, 0.15) is 5.75 Å². The van der Waals surface area contributed by atoms with Gasteiger partial charge >= 0.3 is 7.82 Å². The molecular weight excluding hydrogens is 425 g/mol. The second-order valence-corrected chi connectivity index (χ2v) is 10.7. The van der Waals surface area contributed by atoms with Crippen molar-refractivity contribution in [2.75, 3.05) is 13.2 Å². The number of rotatable bonds is 8. The quantitative estimate of drug-likeness (QED) is 0.502. The normalized spacial score (nSPS) is 25.5. The van der Waals surface area contributed by atoms with E-state index in [1.54, 1.807) is 0 Å². The minimum absolute atomic E-state index is 0.105. The van der Waals surface area contributed by atoms with Crippen molar-refractivity contribution < 1.29 is 23.6 Å². The molecule has 0 radical (unpaired) electrons. The lowest BCUT2D eigenvalue weighted by atomic mass is 9.79. The van der Waals surface area contributed by atoms with Crippen molar-refractivity contribution >= 4 is 7.82 Å². The topological polar surface area (TPSA) is 102 Å². The first-order chi connectivity index (χ1) is 15.2. The molecule has 0 heterocycles. The summed E-state index contributed by atoms with van der Waals surface area (Å²) in [5.74, 6) is 1.89. The van der Waals surface area contributed by atoms with Gasteiger partial charge in [-0.05, 0) is 98.1 Å². The average Bonchev–Trinajstić information content (AvgIpc) is 3.16. The van der Waals surface area contributed by atoms with Crippen LogP contribution in [0, 0.1) is 5.92 Å². The summed E-state index contributed by atoms with van der Waals surface area (Å²) in [5, 5.41) is 0. The van der Waals surface area contributed by atoms with Gasteiger partial charge in [-0.15, -0.1) is 0 Å². The number of phosphoric ester groups is 1. The number of hydrogen-bond donors (Lipinski definition) is 3. The predicted octanol–water partition coefficient (Wildman–Crippen LogP) is 4.51. The summed E-state index contributed by atoms with van der Waals surface area (Å²) in [5.41, 5.74) is 11.2. The fraction of sp³-hybridized carbons (Fsp3) is 0.520. The van der Waals surface area contributed by atoms with E-state index in [9.17, 15) is 4.57 Å². The summed E-state index contributed by atoms with van der Waals surface area (Å²) >= 11 is 0. The minimum Gasteiger partial charge on any atom is -0.494 e. The van der Waals surface area contributed by atoms with Gasteiger partial charge in [0.05, 0.1) is 13.2 Å². The predicted molar refractivity (Wildman–Crippen MR) is 125 cm³/mol. The largest absolute Gasteiger partial charge is 0.494 e. The number of aryl methyl sites for hydroxylation is 1. The van der Waals surface area contributed by atoms with Gasteiger partial charge < -0.3 is 20.3 Å². The molecule has 0 saturated heterocycles. The van der Waals surface area contributed by atoms with Crippen molar-refractivity contribution in [3.05, 3.63) is 64.7 Å². The molecule has 0 amide bonds. The Morgan fingerprint density at radius 2 is 1.91 bits per heavy atom. The summed E-state index contributed by atoms with van der Waals surface area (Å²) in [6.45, 7) is 2.58. The molecule has 1 saturated carbocycles. The van der Waals surface area contributed by atoms with Crippen molar-refractivity contribution in [3.63, 3.8) is 0 Å². The van der Waals surface area contributed by atoms with Crippen molar-refractivity contribution in [1.29, 1.82) is 0 Å². The third-order valence-corrected chi connectivity index (χ3v) is 7.42. The average molecular weight is 460 g/mol. The Morgan fingerprint density at radius 1 is 1.12 bits per heavy atom. The van der Waals surface area contributed by atoms with Crippen LogP contribution in [0.15, 0.2) is 42.5 Å². The zero-order valence-corrected chi connectivity index (χ0v) is 19.6. The molecular formula is C25H34NO5P. The SMILES string of the molecule is CCOc1ccc(C[C@@H]2CCc3cc([C@H]4CC[C@](N)(COP(=O)(O)O)C4)ccc3C2)cc1. The Balaban J connectivity index is 1.35. The minimum atomic E-state index is -4.49. The molecule has 7 heteroatoms. The molecule has 2 aliphatic carbocycles. The molecule has 0 unspecified atom stereocenters. The van der Waals surface area contributed by atoms with Crippen LogP contribution in [-0.2, 0) is 28.4 Å².